The van der Waals surface area contributed by atoms with Gasteiger partial charge in [0.1, 0.15) is 5.01 Å². The predicted octanol–water partition coefficient (Wildman–Crippen LogP) is 5.15. The summed E-state index contributed by atoms with van der Waals surface area (Å²) in [5, 5.41) is 0.409. The van der Waals surface area contributed by atoms with Gasteiger partial charge in [-0.25, -0.2) is 4.98 Å². The average molecular weight is 336 g/mol. The lowest BCUT2D eigenvalue weighted by Crippen LogP contribution is -2.07. The maximum absolute atomic E-state index is 13.0. The second kappa shape index (κ2) is 5.01. The number of hydrogen-bond donors (Lipinski definition) is 0. The summed E-state index contributed by atoms with van der Waals surface area (Å²) in [5.41, 5.74) is -0.524. The molecule has 1 nitrogen and oxygen atoms in total. The molecular formula is C12H9BrF3NS. The summed E-state index contributed by atoms with van der Waals surface area (Å²) in [5.74, 6) is 0. The van der Waals surface area contributed by atoms with E-state index in [1.54, 1.807) is 12.3 Å². The Morgan fingerprint density at radius 3 is 2.61 bits per heavy atom. The second-order valence-corrected chi connectivity index (χ2v) is 5.70. The van der Waals surface area contributed by atoms with Crippen LogP contribution in [0.3, 0.4) is 0 Å². The van der Waals surface area contributed by atoms with Crippen LogP contribution in [0, 0.1) is 0 Å². The van der Waals surface area contributed by atoms with Crippen LogP contribution in [0.25, 0.3) is 10.6 Å². The molecule has 0 aliphatic carbocycles. The molecule has 1 aromatic carbocycles. The van der Waals surface area contributed by atoms with Gasteiger partial charge in [-0.2, -0.15) is 13.2 Å². The van der Waals surface area contributed by atoms with Gasteiger partial charge in [0.05, 0.1) is 5.56 Å². The lowest BCUT2D eigenvalue weighted by Gasteiger charge is -2.11. The first-order valence-corrected chi connectivity index (χ1v) is 6.84. The zero-order valence-electron chi connectivity index (χ0n) is 9.38. The number of rotatable bonds is 2. The summed E-state index contributed by atoms with van der Waals surface area (Å²) in [6.45, 7) is 1.95. The van der Waals surface area contributed by atoms with Crippen molar-refractivity contribution in [3.05, 3.63) is 39.3 Å². The fourth-order valence-electron chi connectivity index (χ4n) is 1.53. The number of nitrogens with zero attached hydrogens (tertiary/aromatic N) is 1. The Kier molecular flexibility index (Phi) is 3.77. The quantitative estimate of drug-likeness (QED) is 0.739. The molecule has 6 heteroatoms. The maximum atomic E-state index is 13.0. The molecule has 0 unspecified atom stereocenters. The van der Waals surface area contributed by atoms with Crippen molar-refractivity contribution in [1.82, 2.24) is 4.98 Å². The lowest BCUT2D eigenvalue weighted by atomic mass is 10.1. The van der Waals surface area contributed by atoms with Crippen molar-refractivity contribution in [3.63, 3.8) is 0 Å². The van der Waals surface area contributed by atoms with Crippen molar-refractivity contribution in [2.24, 2.45) is 0 Å². The van der Waals surface area contributed by atoms with Crippen LogP contribution in [0.5, 0.6) is 0 Å². The van der Waals surface area contributed by atoms with Crippen LogP contribution in [0.1, 0.15) is 17.4 Å². The van der Waals surface area contributed by atoms with E-state index in [1.165, 1.54) is 17.4 Å². The summed E-state index contributed by atoms with van der Waals surface area (Å²) in [4.78, 5) is 5.04. The van der Waals surface area contributed by atoms with Crippen molar-refractivity contribution in [3.8, 4) is 10.6 Å². The predicted molar refractivity (Wildman–Crippen MR) is 69.6 cm³/mol. The van der Waals surface area contributed by atoms with Crippen molar-refractivity contribution >= 4 is 27.3 Å². The minimum atomic E-state index is -4.38. The Morgan fingerprint density at radius 2 is 2.06 bits per heavy atom. The highest BCUT2D eigenvalue weighted by molar-refractivity contribution is 9.10. The van der Waals surface area contributed by atoms with Crippen molar-refractivity contribution < 1.29 is 13.2 Å². The van der Waals surface area contributed by atoms with Gasteiger partial charge < -0.3 is 0 Å². The van der Waals surface area contributed by atoms with E-state index in [0.717, 1.165) is 17.4 Å². The first kappa shape index (κ1) is 13.5. The fourth-order valence-corrected chi connectivity index (χ4v) is 2.79. The Labute approximate surface area is 115 Å². The van der Waals surface area contributed by atoms with Gasteiger partial charge in [0.25, 0.3) is 0 Å². The minimum absolute atomic E-state index is 0.135. The molecule has 18 heavy (non-hydrogen) atoms. The van der Waals surface area contributed by atoms with Crippen molar-refractivity contribution in [2.45, 2.75) is 19.5 Å². The molecule has 0 fully saturated rings. The van der Waals surface area contributed by atoms with Gasteiger partial charge in [0.15, 0.2) is 0 Å². The molecule has 0 aliphatic heterocycles. The third kappa shape index (κ3) is 2.75. The van der Waals surface area contributed by atoms with E-state index < -0.39 is 11.7 Å². The fraction of sp³-hybridized carbons (Fsp3) is 0.250. The molecule has 2 rings (SSSR count). The van der Waals surface area contributed by atoms with Crippen molar-refractivity contribution in [2.75, 3.05) is 0 Å². The number of thiazole rings is 1. The topological polar surface area (TPSA) is 12.9 Å². The van der Waals surface area contributed by atoms with Crippen LogP contribution in [0.2, 0.25) is 0 Å². The summed E-state index contributed by atoms with van der Waals surface area (Å²) in [6.07, 6.45) is -1.98. The van der Waals surface area contributed by atoms with Crippen molar-refractivity contribution in [1.29, 1.82) is 0 Å². The van der Waals surface area contributed by atoms with E-state index in [1.807, 2.05) is 6.92 Å². The van der Waals surface area contributed by atoms with Crippen LogP contribution >= 0.6 is 27.3 Å². The SMILES string of the molecule is CCc1cnc(-c2ccc(Br)cc2C(F)(F)F)s1. The maximum Gasteiger partial charge on any atom is 0.417 e. The second-order valence-electron chi connectivity index (χ2n) is 3.67. The molecule has 0 N–H and O–H groups in total. The van der Waals surface area contributed by atoms with E-state index in [-0.39, 0.29) is 5.56 Å². The first-order chi connectivity index (χ1) is 8.41. The molecule has 0 amide bonds. The molecular weight excluding hydrogens is 327 g/mol. The Bertz CT molecular complexity index is 563. The van der Waals surface area contributed by atoms with E-state index in [4.69, 9.17) is 0 Å². The van der Waals surface area contributed by atoms with Gasteiger partial charge in [0.2, 0.25) is 0 Å². The molecule has 0 aliphatic rings. The first-order valence-electron chi connectivity index (χ1n) is 5.23. The van der Waals surface area contributed by atoms with Gasteiger partial charge in [-0.15, -0.1) is 11.3 Å². The zero-order valence-corrected chi connectivity index (χ0v) is 11.8. The van der Waals surface area contributed by atoms with Gasteiger partial charge in [-0.1, -0.05) is 28.9 Å². The molecule has 96 valence electrons. The average Bonchev–Trinajstić information content (AvgIpc) is 2.76. The molecule has 0 spiro atoms. The molecule has 0 saturated heterocycles. The van der Waals surface area contributed by atoms with E-state index >= 15 is 0 Å². The van der Waals surface area contributed by atoms with Crippen LogP contribution in [0.15, 0.2) is 28.9 Å². The van der Waals surface area contributed by atoms with Gasteiger partial charge in [-0.05, 0) is 18.6 Å². The highest BCUT2D eigenvalue weighted by Gasteiger charge is 2.34. The number of hydrogen-bond acceptors (Lipinski definition) is 2. The largest absolute Gasteiger partial charge is 0.417 e. The van der Waals surface area contributed by atoms with Gasteiger partial charge in [-0.3, -0.25) is 0 Å². The van der Waals surface area contributed by atoms with Crippen LogP contribution in [-0.2, 0) is 12.6 Å². The summed E-state index contributed by atoms with van der Waals surface area (Å²) in [6, 6.07) is 4.13. The number of aromatic nitrogens is 1. The normalized spacial score (nSPS) is 11.8. The molecule has 1 heterocycles. The highest BCUT2D eigenvalue weighted by atomic mass is 79.9. The zero-order chi connectivity index (χ0) is 13.3. The monoisotopic (exact) mass is 335 g/mol. The Morgan fingerprint density at radius 1 is 1.33 bits per heavy atom. The standard InChI is InChI=1S/C12H9BrF3NS/c1-2-8-6-17-11(18-8)9-4-3-7(13)5-10(9)12(14,15)16/h3-6H,2H2,1H3. The molecule has 2 aromatic rings. The summed E-state index contributed by atoms with van der Waals surface area (Å²) >= 11 is 4.36. The smallest absolute Gasteiger partial charge is 0.244 e. The third-order valence-corrected chi connectivity index (χ3v) is 4.09. The van der Waals surface area contributed by atoms with E-state index in [9.17, 15) is 13.2 Å². The number of halogens is 4. The van der Waals surface area contributed by atoms with Gasteiger partial charge in [0, 0.05) is 21.1 Å². The lowest BCUT2D eigenvalue weighted by molar-refractivity contribution is -0.137. The Hall–Kier alpha value is -0.880. The Balaban J connectivity index is 2.56. The van der Waals surface area contributed by atoms with Crippen LogP contribution < -0.4 is 0 Å². The highest BCUT2D eigenvalue weighted by Crippen LogP contribution is 2.39. The number of aryl methyl sites for hydroxylation is 1. The summed E-state index contributed by atoms with van der Waals surface area (Å²) in [7, 11) is 0. The molecule has 0 bridgehead atoms. The number of alkyl halides is 3. The third-order valence-electron chi connectivity index (χ3n) is 2.42. The molecule has 1 aromatic heterocycles. The molecule has 0 radical (unpaired) electrons. The minimum Gasteiger partial charge on any atom is -0.244 e. The summed E-state index contributed by atoms with van der Waals surface area (Å²) < 4.78 is 39.3. The number of benzene rings is 1. The van der Waals surface area contributed by atoms with Crippen LogP contribution in [0.4, 0.5) is 13.2 Å². The molecule has 0 saturated carbocycles. The molecule has 0 atom stereocenters. The van der Waals surface area contributed by atoms with E-state index in [0.29, 0.717) is 9.48 Å². The van der Waals surface area contributed by atoms with Gasteiger partial charge >= 0.3 is 6.18 Å². The van der Waals surface area contributed by atoms with Crippen LogP contribution in [-0.4, -0.2) is 4.98 Å². The van der Waals surface area contributed by atoms with E-state index in [2.05, 4.69) is 20.9 Å².